The van der Waals surface area contributed by atoms with E-state index in [9.17, 15) is 32.8 Å². The number of imide groups is 2. The lowest BCUT2D eigenvalue weighted by Crippen LogP contribution is -2.63. The summed E-state index contributed by atoms with van der Waals surface area (Å²) in [5.74, 6) is -4.14. The predicted molar refractivity (Wildman–Crippen MR) is 217 cm³/mol. The molecule has 9 rings (SSSR count). The molecule has 2 aromatic carbocycles. The minimum Gasteiger partial charge on any atom is -0.494 e. The topological polar surface area (TPSA) is 168 Å². The number of nitrogens with zero attached hydrogens (tertiary/aromatic N) is 5. The molecule has 3 N–H and O–H groups in total. The standard InChI is InChI=1S/C44H48F2N8O6/c1-43(45,46)36-8-4-7-31(48-36)39(56)49-33-17-27-22-53(51-32(27)18-35(33)60-2)28-11-9-25(10-12-28)21-52-23-44(24-52)19-26(20-44)15-16-47-30-6-3-5-29-38(30)42(59)54(41(29)58)34-13-14-37(55)50-40(34)57/h3-8,17-18,22,25-26,28,34,47H,9-16,19-21,23-24H2,1-2H3,(H,49,56)(H,50,55,57). The maximum atomic E-state index is 13.8. The van der Waals surface area contributed by atoms with Crippen molar-refractivity contribution in [3.05, 3.63) is 77.2 Å². The number of alkyl halides is 2. The maximum Gasteiger partial charge on any atom is 0.287 e. The smallest absolute Gasteiger partial charge is 0.287 e. The summed E-state index contributed by atoms with van der Waals surface area (Å²) in [4.78, 5) is 71.2. The van der Waals surface area contributed by atoms with E-state index in [0.29, 0.717) is 46.5 Å². The molecule has 2 aliphatic carbocycles. The lowest BCUT2D eigenvalue weighted by Gasteiger charge is -2.60. The molecule has 2 saturated carbocycles. The van der Waals surface area contributed by atoms with Gasteiger partial charge >= 0.3 is 0 Å². The molecule has 1 atom stereocenters. The number of aromatic nitrogens is 3. The van der Waals surface area contributed by atoms with Crippen LogP contribution >= 0.6 is 0 Å². The van der Waals surface area contributed by atoms with Crippen LogP contribution in [0.4, 0.5) is 20.2 Å². The Hall–Kier alpha value is -5.77. The van der Waals surface area contributed by atoms with E-state index in [0.717, 1.165) is 74.5 Å². The molecule has 2 saturated heterocycles. The lowest BCUT2D eigenvalue weighted by atomic mass is 9.57. The molecule has 5 aliphatic rings. The van der Waals surface area contributed by atoms with Gasteiger partial charge in [-0.1, -0.05) is 12.1 Å². The number of methoxy groups -OCH3 is 1. The molecule has 60 heavy (non-hydrogen) atoms. The van der Waals surface area contributed by atoms with Crippen molar-refractivity contribution >= 4 is 51.8 Å². The van der Waals surface area contributed by atoms with Crippen molar-refractivity contribution in [2.24, 2.45) is 17.3 Å². The summed E-state index contributed by atoms with van der Waals surface area (Å²) in [5.41, 5.74) is 2.14. The number of carbonyl (C=O) groups excluding carboxylic acids is 5. The highest BCUT2D eigenvalue weighted by atomic mass is 19.3. The van der Waals surface area contributed by atoms with Gasteiger partial charge in [0, 0.05) is 62.9 Å². The van der Waals surface area contributed by atoms with Gasteiger partial charge in [0.1, 0.15) is 23.2 Å². The Labute approximate surface area is 345 Å². The Morgan fingerprint density at radius 1 is 0.967 bits per heavy atom. The molecule has 0 radical (unpaired) electrons. The zero-order valence-corrected chi connectivity index (χ0v) is 33.6. The van der Waals surface area contributed by atoms with Crippen LogP contribution in [0.2, 0.25) is 0 Å². The highest BCUT2D eigenvalue weighted by molar-refractivity contribution is 6.25. The number of benzene rings is 2. The van der Waals surface area contributed by atoms with Crippen molar-refractivity contribution in [1.82, 2.24) is 29.9 Å². The summed E-state index contributed by atoms with van der Waals surface area (Å²) in [6.45, 7) is 4.80. The number of hydrogen-bond acceptors (Lipinski definition) is 10. The second-order valence-corrected chi connectivity index (χ2v) is 17.5. The number of hydrogen-bond donors (Lipinski definition) is 3. The SMILES string of the molecule is COc1cc2nn(C3CCC(CN4CC5(CC(CCNc6cccc7c6C(=O)N(C6CCC(=O)NC6=O)C7=O)C5)C4)CC3)cc2cc1NC(=O)c1cccc(C(C)(F)F)n1. The van der Waals surface area contributed by atoms with Crippen molar-refractivity contribution in [3.63, 3.8) is 0 Å². The van der Waals surface area contributed by atoms with Gasteiger partial charge in [-0.3, -0.25) is 38.9 Å². The van der Waals surface area contributed by atoms with E-state index in [-0.39, 0.29) is 30.1 Å². The predicted octanol–water partition coefficient (Wildman–Crippen LogP) is 6.15. The third kappa shape index (κ3) is 7.50. The van der Waals surface area contributed by atoms with Crippen LogP contribution in [0, 0.1) is 17.3 Å². The van der Waals surface area contributed by atoms with Crippen LogP contribution in [0.5, 0.6) is 5.75 Å². The van der Waals surface area contributed by atoms with Gasteiger partial charge < -0.3 is 20.3 Å². The van der Waals surface area contributed by atoms with E-state index in [1.54, 1.807) is 30.3 Å². The number of rotatable bonds is 12. The summed E-state index contributed by atoms with van der Waals surface area (Å²) in [5, 5.41) is 14.1. The largest absolute Gasteiger partial charge is 0.494 e. The molecule has 0 bridgehead atoms. The molecular formula is C44H48F2N8O6. The Morgan fingerprint density at radius 3 is 2.47 bits per heavy atom. The molecule has 16 heteroatoms. The van der Waals surface area contributed by atoms with E-state index >= 15 is 0 Å². The molecule has 3 aliphatic heterocycles. The highest BCUT2D eigenvalue weighted by Gasteiger charge is 2.52. The Kier molecular flexibility index (Phi) is 10.2. The van der Waals surface area contributed by atoms with Gasteiger partial charge in [0.05, 0.1) is 35.5 Å². The van der Waals surface area contributed by atoms with Crippen LogP contribution in [0.15, 0.2) is 54.7 Å². The zero-order valence-electron chi connectivity index (χ0n) is 33.6. The fourth-order valence-corrected chi connectivity index (χ4v) is 10.2. The van der Waals surface area contributed by atoms with Crippen molar-refractivity contribution in [3.8, 4) is 5.75 Å². The number of amides is 5. The van der Waals surface area contributed by atoms with Crippen LogP contribution in [0.25, 0.3) is 10.9 Å². The first-order chi connectivity index (χ1) is 28.8. The number of halogens is 2. The van der Waals surface area contributed by atoms with Crippen LogP contribution in [0.3, 0.4) is 0 Å². The van der Waals surface area contributed by atoms with Crippen LogP contribution in [0.1, 0.15) is 108 Å². The first-order valence-electron chi connectivity index (χ1n) is 20.8. The summed E-state index contributed by atoms with van der Waals surface area (Å²) in [7, 11) is 1.50. The average Bonchev–Trinajstić information content (AvgIpc) is 3.73. The van der Waals surface area contributed by atoms with E-state index in [1.165, 1.54) is 38.2 Å². The van der Waals surface area contributed by atoms with Crippen molar-refractivity contribution in [2.75, 3.05) is 43.9 Å². The van der Waals surface area contributed by atoms with Gasteiger partial charge in [-0.15, -0.1) is 0 Å². The average molecular weight is 823 g/mol. The second kappa shape index (κ2) is 15.4. The van der Waals surface area contributed by atoms with Crippen molar-refractivity contribution in [2.45, 2.75) is 82.7 Å². The fourth-order valence-electron chi connectivity index (χ4n) is 10.2. The van der Waals surface area contributed by atoms with E-state index in [1.807, 2.05) is 10.9 Å². The Bertz CT molecular complexity index is 2390. The number of nitrogens with one attached hydrogen (secondary N) is 3. The molecule has 4 fully saturated rings. The normalized spacial score (nSPS) is 23.0. The molecule has 314 valence electrons. The van der Waals surface area contributed by atoms with Crippen molar-refractivity contribution < 1.29 is 37.5 Å². The van der Waals surface area contributed by atoms with Crippen molar-refractivity contribution in [1.29, 1.82) is 0 Å². The summed E-state index contributed by atoms with van der Waals surface area (Å²) in [6, 6.07) is 12.0. The number of anilines is 2. The maximum absolute atomic E-state index is 13.8. The van der Waals surface area contributed by atoms with Crippen LogP contribution in [-0.4, -0.2) is 93.4 Å². The molecule has 1 spiro atoms. The summed E-state index contributed by atoms with van der Waals surface area (Å²) in [6.07, 6.45) is 9.85. The van der Waals surface area contributed by atoms with E-state index in [4.69, 9.17) is 9.84 Å². The molecule has 4 aromatic rings. The zero-order chi connectivity index (χ0) is 41.9. The number of piperidine rings is 1. The second-order valence-electron chi connectivity index (χ2n) is 17.5. The first-order valence-corrected chi connectivity index (χ1v) is 20.8. The van der Waals surface area contributed by atoms with Gasteiger partial charge in [-0.05, 0) is 98.9 Å². The first kappa shape index (κ1) is 39.7. The molecule has 14 nitrogen and oxygen atoms in total. The summed E-state index contributed by atoms with van der Waals surface area (Å²) < 4.78 is 35.2. The van der Waals surface area contributed by atoms with E-state index < -0.39 is 47.2 Å². The third-order valence-corrected chi connectivity index (χ3v) is 13.1. The van der Waals surface area contributed by atoms with Crippen LogP contribution < -0.4 is 20.7 Å². The van der Waals surface area contributed by atoms with Gasteiger partial charge in [-0.25, -0.2) is 4.98 Å². The molecule has 5 amide bonds. The molecular weight excluding hydrogens is 775 g/mol. The van der Waals surface area contributed by atoms with Crippen LogP contribution in [-0.2, 0) is 15.5 Å². The number of carbonyl (C=O) groups is 5. The van der Waals surface area contributed by atoms with Gasteiger partial charge in [-0.2, -0.15) is 13.9 Å². The van der Waals surface area contributed by atoms with Gasteiger partial charge in [0.25, 0.3) is 23.6 Å². The third-order valence-electron chi connectivity index (χ3n) is 13.1. The quantitative estimate of drug-likeness (QED) is 0.141. The Morgan fingerprint density at radius 2 is 1.73 bits per heavy atom. The number of pyridine rings is 1. The minimum atomic E-state index is -3.17. The van der Waals surface area contributed by atoms with E-state index in [2.05, 4.69) is 25.8 Å². The molecule has 5 heterocycles. The van der Waals surface area contributed by atoms with Gasteiger partial charge in [0.15, 0.2) is 0 Å². The lowest BCUT2D eigenvalue weighted by molar-refractivity contribution is -0.136. The molecule has 1 unspecified atom stereocenters. The summed E-state index contributed by atoms with van der Waals surface area (Å²) >= 11 is 0. The number of likely N-dealkylation sites (tertiary alicyclic amines) is 1. The van der Waals surface area contributed by atoms with Gasteiger partial charge in [0.2, 0.25) is 11.8 Å². The fraction of sp³-hybridized carbons (Fsp3) is 0.477. The number of ether oxygens (including phenoxy) is 1. The monoisotopic (exact) mass is 822 g/mol. The highest BCUT2D eigenvalue weighted by Crippen LogP contribution is 2.53. The minimum absolute atomic E-state index is 0.0843. The molecule has 2 aromatic heterocycles. The number of fused-ring (bicyclic) bond motifs is 2. The Balaban J connectivity index is 0.719.